The van der Waals surface area contributed by atoms with Gasteiger partial charge >= 0.3 is 0 Å². The van der Waals surface area contributed by atoms with Crippen molar-refractivity contribution in [3.05, 3.63) is 60.4 Å². The maximum atomic E-state index is 12.6. The van der Waals surface area contributed by atoms with Gasteiger partial charge in [0, 0.05) is 31.7 Å². The summed E-state index contributed by atoms with van der Waals surface area (Å²) in [6.45, 7) is 2.42. The molecule has 0 spiro atoms. The van der Waals surface area contributed by atoms with Crippen molar-refractivity contribution in [1.29, 1.82) is 0 Å². The van der Waals surface area contributed by atoms with Gasteiger partial charge in [-0.25, -0.2) is 13.4 Å². The number of hydrogen-bond acceptors (Lipinski definition) is 4. The summed E-state index contributed by atoms with van der Waals surface area (Å²) in [6, 6.07) is 14.1. The van der Waals surface area contributed by atoms with Gasteiger partial charge in [-0.1, -0.05) is 12.1 Å². The fourth-order valence-electron chi connectivity index (χ4n) is 3.60. The smallest absolute Gasteiger partial charge is 0.251 e. The van der Waals surface area contributed by atoms with Crippen LogP contribution in [0.4, 0.5) is 0 Å². The molecule has 1 N–H and O–H groups in total. The lowest BCUT2D eigenvalue weighted by Crippen LogP contribution is -2.28. The zero-order valence-corrected chi connectivity index (χ0v) is 16.9. The molecule has 29 heavy (non-hydrogen) atoms. The normalized spacial score (nSPS) is 15.0. The minimum absolute atomic E-state index is 0.203. The topological polar surface area (TPSA) is 84.3 Å². The van der Waals surface area contributed by atoms with E-state index in [1.54, 1.807) is 12.1 Å². The van der Waals surface area contributed by atoms with Gasteiger partial charge in [0.1, 0.15) is 0 Å². The van der Waals surface area contributed by atoms with Crippen LogP contribution in [0.3, 0.4) is 0 Å². The number of hydrogen-bond donors (Lipinski definition) is 1. The average molecular weight is 413 g/mol. The molecule has 0 bridgehead atoms. The third-order valence-electron chi connectivity index (χ3n) is 5.21. The van der Waals surface area contributed by atoms with Gasteiger partial charge in [-0.3, -0.25) is 4.79 Å². The number of aryl methyl sites for hydroxylation is 1. The van der Waals surface area contributed by atoms with Gasteiger partial charge in [0.05, 0.1) is 22.3 Å². The Kier molecular flexibility index (Phi) is 5.64. The Morgan fingerprint density at radius 2 is 1.76 bits per heavy atom. The fraction of sp³-hybridized carbons (Fsp3) is 0.333. The molecule has 152 valence electrons. The van der Waals surface area contributed by atoms with Gasteiger partial charge in [0.2, 0.25) is 10.0 Å². The highest BCUT2D eigenvalue weighted by Crippen LogP contribution is 2.21. The van der Waals surface area contributed by atoms with E-state index in [1.165, 1.54) is 16.4 Å². The van der Waals surface area contributed by atoms with Crippen LogP contribution >= 0.6 is 0 Å². The molecule has 2 aromatic carbocycles. The molecule has 3 aromatic rings. The van der Waals surface area contributed by atoms with Crippen LogP contribution < -0.4 is 5.32 Å². The predicted molar refractivity (Wildman–Crippen MR) is 111 cm³/mol. The highest BCUT2D eigenvalue weighted by molar-refractivity contribution is 7.89. The van der Waals surface area contributed by atoms with E-state index in [9.17, 15) is 13.2 Å². The average Bonchev–Trinajstić information content (AvgIpc) is 3.42. The number of amides is 1. The van der Waals surface area contributed by atoms with E-state index in [4.69, 9.17) is 0 Å². The van der Waals surface area contributed by atoms with E-state index in [1.807, 2.05) is 30.6 Å². The second-order valence-corrected chi connectivity index (χ2v) is 9.11. The molecule has 7 nitrogen and oxygen atoms in total. The number of benzene rings is 2. The third kappa shape index (κ3) is 4.18. The number of rotatable bonds is 7. The largest absolute Gasteiger partial charge is 0.352 e. The number of carbonyl (C=O) groups is 1. The Bertz CT molecular complexity index is 1100. The molecule has 4 rings (SSSR count). The number of carbonyl (C=O) groups excluding carboxylic acids is 1. The lowest BCUT2D eigenvalue weighted by Gasteiger charge is -2.15. The molecule has 1 saturated heterocycles. The van der Waals surface area contributed by atoms with Crippen LogP contribution in [0.5, 0.6) is 0 Å². The molecule has 1 fully saturated rings. The summed E-state index contributed by atoms with van der Waals surface area (Å²) in [4.78, 5) is 16.9. The summed E-state index contributed by atoms with van der Waals surface area (Å²) >= 11 is 0. The fourth-order valence-corrected chi connectivity index (χ4v) is 5.11. The summed E-state index contributed by atoms with van der Waals surface area (Å²) in [7, 11) is -3.45. The number of aromatic nitrogens is 2. The minimum Gasteiger partial charge on any atom is -0.352 e. The maximum absolute atomic E-state index is 12.6. The maximum Gasteiger partial charge on any atom is 0.251 e. The first-order valence-electron chi connectivity index (χ1n) is 9.84. The number of imidazole rings is 1. The second kappa shape index (κ2) is 8.34. The first-order valence-corrected chi connectivity index (χ1v) is 11.3. The molecule has 0 aliphatic carbocycles. The molecule has 1 aliphatic heterocycles. The van der Waals surface area contributed by atoms with E-state index in [2.05, 4.69) is 14.9 Å². The number of nitrogens with one attached hydrogen (secondary N) is 1. The van der Waals surface area contributed by atoms with Gasteiger partial charge in [-0.2, -0.15) is 4.31 Å². The Morgan fingerprint density at radius 3 is 2.52 bits per heavy atom. The summed E-state index contributed by atoms with van der Waals surface area (Å²) in [5, 5.41) is 2.89. The van der Waals surface area contributed by atoms with Crippen molar-refractivity contribution in [2.45, 2.75) is 30.7 Å². The Balaban J connectivity index is 1.30. The van der Waals surface area contributed by atoms with Crippen LogP contribution in [-0.4, -0.2) is 47.8 Å². The number of para-hydroxylation sites is 2. The quantitative estimate of drug-likeness (QED) is 0.605. The van der Waals surface area contributed by atoms with Gasteiger partial charge in [0.25, 0.3) is 5.91 Å². The van der Waals surface area contributed by atoms with E-state index >= 15 is 0 Å². The van der Waals surface area contributed by atoms with Crippen molar-refractivity contribution >= 4 is 27.0 Å². The number of nitrogens with zero attached hydrogens (tertiary/aromatic N) is 3. The van der Waals surface area contributed by atoms with Crippen LogP contribution in [0.15, 0.2) is 59.8 Å². The second-order valence-electron chi connectivity index (χ2n) is 7.17. The standard InChI is InChI=1S/C21H24N4O3S/c26-21(22-12-5-13-24-16-23-19-6-1-2-7-20(19)24)17-8-10-18(11-9-17)29(27,28)25-14-3-4-15-25/h1-2,6-11,16H,3-5,12-15H2,(H,22,26). The molecule has 0 saturated carbocycles. The van der Waals surface area contributed by atoms with Crippen LogP contribution in [0, 0.1) is 0 Å². The number of fused-ring (bicyclic) bond motifs is 1. The first-order chi connectivity index (χ1) is 14.1. The zero-order chi connectivity index (χ0) is 20.3. The lowest BCUT2D eigenvalue weighted by molar-refractivity contribution is 0.0952. The zero-order valence-electron chi connectivity index (χ0n) is 16.1. The van der Waals surface area contributed by atoms with Crippen LogP contribution in [-0.2, 0) is 16.6 Å². The Morgan fingerprint density at radius 1 is 1.03 bits per heavy atom. The third-order valence-corrected chi connectivity index (χ3v) is 7.12. The van der Waals surface area contributed by atoms with E-state index in [0.29, 0.717) is 25.2 Å². The van der Waals surface area contributed by atoms with Crippen molar-refractivity contribution in [1.82, 2.24) is 19.2 Å². The molecule has 8 heteroatoms. The van der Waals surface area contributed by atoms with Gasteiger partial charge < -0.3 is 9.88 Å². The highest BCUT2D eigenvalue weighted by atomic mass is 32.2. The van der Waals surface area contributed by atoms with E-state index in [0.717, 1.165) is 36.8 Å². The van der Waals surface area contributed by atoms with Crippen molar-refractivity contribution in [3.63, 3.8) is 0 Å². The number of sulfonamides is 1. The van der Waals surface area contributed by atoms with Gasteiger partial charge in [-0.15, -0.1) is 0 Å². The summed E-state index contributed by atoms with van der Waals surface area (Å²) in [5.41, 5.74) is 2.49. The van der Waals surface area contributed by atoms with Crippen molar-refractivity contribution in [3.8, 4) is 0 Å². The van der Waals surface area contributed by atoms with Crippen molar-refractivity contribution in [2.24, 2.45) is 0 Å². The van der Waals surface area contributed by atoms with Crippen LogP contribution in [0.2, 0.25) is 0 Å². The lowest BCUT2D eigenvalue weighted by atomic mass is 10.2. The van der Waals surface area contributed by atoms with Crippen molar-refractivity contribution in [2.75, 3.05) is 19.6 Å². The molecule has 0 radical (unpaired) electrons. The first kappa shape index (κ1) is 19.6. The Labute approximate surface area is 170 Å². The van der Waals surface area contributed by atoms with Gasteiger partial charge in [-0.05, 0) is 55.7 Å². The SMILES string of the molecule is O=C(NCCCn1cnc2ccccc21)c1ccc(S(=O)(=O)N2CCCC2)cc1. The molecule has 1 aliphatic rings. The predicted octanol–water partition coefficient (Wildman–Crippen LogP) is 2.64. The van der Waals surface area contributed by atoms with Crippen LogP contribution in [0.1, 0.15) is 29.6 Å². The summed E-state index contributed by atoms with van der Waals surface area (Å²) in [6.07, 6.45) is 4.38. The summed E-state index contributed by atoms with van der Waals surface area (Å²) < 4.78 is 28.7. The highest BCUT2D eigenvalue weighted by Gasteiger charge is 2.27. The Hall–Kier alpha value is -2.71. The summed E-state index contributed by atoms with van der Waals surface area (Å²) in [5.74, 6) is -0.203. The molecule has 0 atom stereocenters. The minimum atomic E-state index is -3.45. The molecule has 2 heterocycles. The molecular weight excluding hydrogens is 388 g/mol. The molecule has 1 aromatic heterocycles. The monoisotopic (exact) mass is 412 g/mol. The molecule has 1 amide bonds. The van der Waals surface area contributed by atoms with Crippen LogP contribution in [0.25, 0.3) is 11.0 Å². The van der Waals surface area contributed by atoms with Gasteiger partial charge in [0.15, 0.2) is 0 Å². The van der Waals surface area contributed by atoms with E-state index < -0.39 is 10.0 Å². The van der Waals surface area contributed by atoms with Crippen molar-refractivity contribution < 1.29 is 13.2 Å². The van der Waals surface area contributed by atoms with E-state index in [-0.39, 0.29) is 10.8 Å². The molecule has 0 unspecified atom stereocenters. The molecular formula is C21H24N4O3S.